The van der Waals surface area contributed by atoms with Crippen molar-refractivity contribution in [2.24, 2.45) is 0 Å². The molecule has 2 aromatic heterocycles. The lowest BCUT2D eigenvalue weighted by Gasteiger charge is -1.97. The van der Waals surface area contributed by atoms with Crippen LogP contribution in [-0.2, 0) is 0 Å². The predicted molar refractivity (Wildman–Crippen MR) is 78.6 cm³/mol. The quantitative estimate of drug-likeness (QED) is 0.717. The first-order chi connectivity index (χ1) is 9.28. The Labute approximate surface area is 115 Å². The van der Waals surface area contributed by atoms with Crippen molar-refractivity contribution in [3.63, 3.8) is 0 Å². The molecule has 0 aliphatic heterocycles. The molecule has 0 saturated heterocycles. The van der Waals surface area contributed by atoms with E-state index in [2.05, 4.69) is 22.0 Å². The number of aromatic amines is 1. The van der Waals surface area contributed by atoms with Crippen molar-refractivity contribution >= 4 is 28.6 Å². The number of anilines is 1. The molecule has 0 radical (unpaired) electrons. The van der Waals surface area contributed by atoms with Crippen molar-refractivity contribution in [3.05, 3.63) is 30.3 Å². The molecule has 0 aliphatic rings. The lowest BCUT2D eigenvalue weighted by molar-refractivity contribution is 0.803. The molecule has 0 amide bonds. The molecule has 3 N–H and O–H groups in total. The summed E-state index contributed by atoms with van der Waals surface area (Å²) in [5, 5.41) is 5.40. The summed E-state index contributed by atoms with van der Waals surface area (Å²) < 4.78 is 1.65. The minimum Gasteiger partial charge on any atom is -0.383 e. The first-order valence-corrected chi connectivity index (χ1v) is 7.20. The van der Waals surface area contributed by atoms with E-state index < -0.39 is 0 Å². The maximum absolute atomic E-state index is 5.99. The van der Waals surface area contributed by atoms with Crippen LogP contribution in [0.2, 0.25) is 0 Å². The zero-order valence-electron chi connectivity index (χ0n) is 10.6. The van der Waals surface area contributed by atoms with Crippen molar-refractivity contribution < 1.29 is 0 Å². The van der Waals surface area contributed by atoms with Crippen LogP contribution >= 0.6 is 11.8 Å². The van der Waals surface area contributed by atoms with Crippen molar-refractivity contribution in [2.45, 2.75) is 18.4 Å². The van der Waals surface area contributed by atoms with Gasteiger partial charge in [0, 0.05) is 6.07 Å². The molecule has 2 heterocycles. The minimum absolute atomic E-state index is 0.595. The fourth-order valence-corrected chi connectivity index (χ4v) is 2.62. The summed E-state index contributed by atoms with van der Waals surface area (Å²) in [6.07, 6.45) is 1.11. The molecule has 5 nitrogen and oxygen atoms in total. The Morgan fingerprint density at radius 2 is 2.21 bits per heavy atom. The van der Waals surface area contributed by atoms with E-state index in [1.54, 1.807) is 16.4 Å². The van der Waals surface area contributed by atoms with Gasteiger partial charge in [0.25, 0.3) is 0 Å². The number of hydrogen-bond acceptors (Lipinski definition) is 4. The van der Waals surface area contributed by atoms with Crippen molar-refractivity contribution in [1.82, 2.24) is 19.7 Å². The highest BCUT2D eigenvalue weighted by Gasteiger charge is 2.10. The molecule has 19 heavy (non-hydrogen) atoms. The average molecular weight is 273 g/mol. The molecule has 1 aromatic carbocycles. The van der Waals surface area contributed by atoms with Gasteiger partial charge in [-0.05, 0) is 24.3 Å². The number of imidazole rings is 1. The van der Waals surface area contributed by atoms with Crippen LogP contribution in [0.3, 0.4) is 0 Å². The van der Waals surface area contributed by atoms with Crippen LogP contribution in [0.1, 0.15) is 13.3 Å². The fourth-order valence-electron chi connectivity index (χ4n) is 1.86. The van der Waals surface area contributed by atoms with Gasteiger partial charge < -0.3 is 10.7 Å². The molecule has 6 heteroatoms. The molecule has 0 fully saturated rings. The largest absolute Gasteiger partial charge is 0.383 e. The van der Waals surface area contributed by atoms with Crippen molar-refractivity contribution in [3.8, 4) is 5.95 Å². The topological polar surface area (TPSA) is 72.5 Å². The van der Waals surface area contributed by atoms with Gasteiger partial charge in [0.05, 0.1) is 11.0 Å². The van der Waals surface area contributed by atoms with E-state index in [1.165, 1.54) is 0 Å². The van der Waals surface area contributed by atoms with Gasteiger partial charge in [-0.15, -0.1) is 11.8 Å². The Hall–Kier alpha value is -1.95. The lowest BCUT2D eigenvalue weighted by Crippen LogP contribution is -2.03. The SMILES string of the molecule is CCCSc1cc(N)n(-c2nc3ccccc3[nH]2)n1. The smallest absolute Gasteiger partial charge is 0.231 e. The van der Waals surface area contributed by atoms with Gasteiger partial charge in [-0.1, -0.05) is 19.1 Å². The number of para-hydroxylation sites is 2. The van der Waals surface area contributed by atoms with Crippen LogP contribution in [0.5, 0.6) is 0 Å². The number of aromatic nitrogens is 4. The second-order valence-electron chi connectivity index (χ2n) is 4.25. The number of nitrogen functional groups attached to an aromatic ring is 1. The molecular weight excluding hydrogens is 258 g/mol. The summed E-state index contributed by atoms with van der Waals surface area (Å²) in [7, 11) is 0. The highest BCUT2D eigenvalue weighted by Crippen LogP contribution is 2.22. The van der Waals surface area contributed by atoms with Gasteiger partial charge in [-0.2, -0.15) is 9.78 Å². The Morgan fingerprint density at radius 3 is 3.00 bits per heavy atom. The third-order valence-corrected chi connectivity index (χ3v) is 3.85. The van der Waals surface area contributed by atoms with Crippen LogP contribution < -0.4 is 5.73 Å². The van der Waals surface area contributed by atoms with Crippen molar-refractivity contribution in [1.29, 1.82) is 0 Å². The minimum atomic E-state index is 0.595. The third kappa shape index (κ3) is 2.31. The molecular formula is C13H15N5S. The second kappa shape index (κ2) is 4.97. The number of thioether (sulfide) groups is 1. The lowest BCUT2D eigenvalue weighted by atomic mass is 10.3. The Kier molecular flexibility index (Phi) is 3.16. The van der Waals surface area contributed by atoms with Gasteiger partial charge in [0.2, 0.25) is 5.95 Å². The molecule has 0 atom stereocenters. The maximum atomic E-state index is 5.99. The second-order valence-corrected chi connectivity index (χ2v) is 5.36. The number of nitrogens with zero attached hydrogens (tertiary/aromatic N) is 3. The maximum Gasteiger partial charge on any atom is 0.231 e. The van der Waals surface area contributed by atoms with Gasteiger partial charge >= 0.3 is 0 Å². The average Bonchev–Trinajstić information content (AvgIpc) is 2.99. The number of benzene rings is 1. The molecule has 98 valence electrons. The van der Waals surface area contributed by atoms with E-state index >= 15 is 0 Å². The van der Waals surface area contributed by atoms with E-state index in [-0.39, 0.29) is 0 Å². The van der Waals surface area contributed by atoms with Crippen LogP contribution in [0.25, 0.3) is 17.0 Å². The van der Waals surface area contributed by atoms with Crippen LogP contribution in [-0.4, -0.2) is 25.5 Å². The Morgan fingerprint density at radius 1 is 1.37 bits per heavy atom. The van der Waals surface area contributed by atoms with E-state index in [1.807, 2.05) is 30.3 Å². The molecule has 0 saturated carbocycles. The summed E-state index contributed by atoms with van der Waals surface area (Å²) >= 11 is 1.70. The summed E-state index contributed by atoms with van der Waals surface area (Å²) in [5.74, 6) is 2.29. The van der Waals surface area contributed by atoms with Crippen LogP contribution in [0, 0.1) is 0 Å². The van der Waals surface area contributed by atoms with Crippen LogP contribution in [0.4, 0.5) is 5.82 Å². The number of nitrogens with two attached hydrogens (primary N) is 1. The number of hydrogen-bond donors (Lipinski definition) is 2. The standard InChI is InChI=1S/C13H15N5S/c1-2-7-19-12-8-11(14)18(17-12)13-15-9-5-3-4-6-10(9)16-13/h3-6,8H,2,7,14H2,1H3,(H,15,16). The molecule has 0 spiro atoms. The van der Waals surface area contributed by atoms with Gasteiger partial charge in [0.15, 0.2) is 0 Å². The highest BCUT2D eigenvalue weighted by molar-refractivity contribution is 7.99. The fraction of sp³-hybridized carbons (Fsp3) is 0.231. The van der Waals surface area contributed by atoms with E-state index in [0.29, 0.717) is 11.8 Å². The Balaban J connectivity index is 1.98. The van der Waals surface area contributed by atoms with Gasteiger partial charge in [-0.3, -0.25) is 0 Å². The number of H-pyrrole nitrogens is 1. The van der Waals surface area contributed by atoms with Gasteiger partial charge in [-0.25, -0.2) is 4.98 Å². The monoisotopic (exact) mass is 273 g/mol. The number of nitrogens with one attached hydrogen (secondary N) is 1. The van der Waals surface area contributed by atoms with Crippen LogP contribution in [0.15, 0.2) is 35.4 Å². The molecule has 0 bridgehead atoms. The van der Waals surface area contributed by atoms with E-state index in [9.17, 15) is 0 Å². The predicted octanol–water partition coefficient (Wildman–Crippen LogP) is 2.83. The number of rotatable bonds is 4. The summed E-state index contributed by atoms with van der Waals surface area (Å²) in [4.78, 5) is 7.72. The zero-order valence-corrected chi connectivity index (χ0v) is 11.4. The summed E-state index contributed by atoms with van der Waals surface area (Å²) in [6.45, 7) is 2.15. The molecule has 3 rings (SSSR count). The first-order valence-electron chi connectivity index (χ1n) is 6.21. The third-order valence-electron chi connectivity index (χ3n) is 2.75. The highest BCUT2D eigenvalue weighted by atomic mass is 32.2. The zero-order chi connectivity index (χ0) is 13.2. The molecule has 0 aliphatic carbocycles. The van der Waals surface area contributed by atoms with Gasteiger partial charge in [0.1, 0.15) is 10.8 Å². The normalized spacial score (nSPS) is 11.2. The van der Waals surface area contributed by atoms with E-state index in [4.69, 9.17) is 5.73 Å². The molecule has 3 aromatic rings. The van der Waals surface area contributed by atoms with Crippen molar-refractivity contribution in [2.75, 3.05) is 11.5 Å². The number of fused-ring (bicyclic) bond motifs is 1. The Bertz CT molecular complexity index is 667. The summed E-state index contributed by atoms with van der Waals surface area (Å²) in [5.41, 5.74) is 7.89. The first kappa shape index (κ1) is 12.1. The molecule has 0 unspecified atom stereocenters. The van der Waals surface area contributed by atoms with E-state index in [0.717, 1.165) is 28.2 Å². The summed E-state index contributed by atoms with van der Waals surface area (Å²) in [6, 6.07) is 9.76.